The van der Waals surface area contributed by atoms with E-state index in [0.717, 1.165) is 47.9 Å². The lowest BCUT2D eigenvalue weighted by atomic mass is 9.86. The standard InChI is InChI=1S/C54H75O12PSi/c1-6-8-14-32-50(55)59-41-47(65-51(56)33-15-9-7-2)42-64-67(57,63-34-35-68(3,4)5)66-49-36-48(58-37-43-24-16-10-17-25-43)52(60-38-44-26-18-11-19-27-44)54(62-40-46-30-22-13-23-31-46)53(49)61-39-45-28-20-12-21-29-45/h10-13,16-31,47-49,52-54H,6-9,14-15,32-42H2,1-5H3/t47-,48+,49-,52-,53+,54+,67?/m1/s1. The zero-order valence-electron chi connectivity index (χ0n) is 40.9. The quantitative estimate of drug-likeness (QED) is 0.0199. The van der Waals surface area contributed by atoms with Gasteiger partial charge in [0.15, 0.2) is 6.10 Å². The van der Waals surface area contributed by atoms with Gasteiger partial charge in [0.25, 0.3) is 0 Å². The summed E-state index contributed by atoms with van der Waals surface area (Å²) in [6.07, 6.45) is 0.423. The topological polar surface area (TPSA) is 134 Å². The van der Waals surface area contributed by atoms with Gasteiger partial charge < -0.3 is 28.4 Å². The first-order valence-corrected chi connectivity index (χ1v) is 29.6. The van der Waals surface area contributed by atoms with Crippen molar-refractivity contribution in [2.24, 2.45) is 0 Å². The molecule has 0 bridgehead atoms. The van der Waals surface area contributed by atoms with Crippen LogP contribution < -0.4 is 0 Å². The fourth-order valence-corrected chi connectivity index (χ4v) is 9.89. The molecule has 1 fully saturated rings. The lowest BCUT2D eigenvalue weighted by molar-refractivity contribution is -0.239. The molecular formula is C54H75O12PSi. The zero-order chi connectivity index (χ0) is 48.5. The monoisotopic (exact) mass is 974 g/mol. The van der Waals surface area contributed by atoms with Gasteiger partial charge in [-0.1, -0.05) is 180 Å². The maximum absolute atomic E-state index is 15.4. The summed E-state index contributed by atoms with van der Waals surface area (Å²) in [5.74, 6) is -0.881. The van der Waals surface area contributed by atoms with Crippen molar-refractivity contribution < 1.29 is 56.1 Å². The summed E-state index contributed by atoms with van der Waals surface area (Å²) < 4.78 is 73.5. The Morgan fingerprint density at radius 3 is 1.47 bits per heavy atom. The third-order valence-electron chi connectivity index (χ3n) is 11.5. The summed E-state index contributed by atoms with van der Waals surface area (Å²) >= 11 is 0. The molecule has 0 aliphatic heterocycles. The third-order valence-corrected chi connectivity index (χ3v) is 14.7. The normalized spacial score (nSPS) is 19.8. The lowest BCUT2D eigenvalue weighted by Crippen LogP contribution is -2.59. The average Bonchev–Trinajstić information content (AvgIpc) is 3.33. The fourth-order valence-electron chi connectivity index (χ4n) is 7.60. The molecule has 4 aromatic rings. The van der Waals surface area contributed by atoms with Gasteiger partial charge in [-0.05, 0) is 41.1 Å². The van der Waals surface area contributed by atoms with E-state index in [1.165, 1.54) is 0 Å². The molecular weight excluding hydrogens is 900 g/mol. The Morgan fingerprint density at radius 2 is 1.00 bits per heavy atom. The Bertz CT molecular complexity index is 2040. The van der Waals surface area contributed by atoms with Crippen LogP contribution in [0.25, 0.3) is 0 Å². The van der Waals surface area contributed by atoms with Crippen LogP contribution in [-0.2, 0) is 82.6 Å². The number of hydrogen-bond acceptors (Lipinski definition) is 12. The Kier molecular flexibility index (Phi) is 24.1. The van der Waals surface area contributed by atoms with Crippen LogP contribution in [0, 0.1) is 0 Å². The fraction of sp³-hybridized carbons (Fsp3) is 0.519. The van der Waals surface area contributed by atoms with E-state index >= 15 is 4.57 Å². The van der Waals surface area contributed by atoms with Crippen LogP contribution in [-0.4, -0.2) is 76.5 Å². The Morgan fingerprint density at radius 1 is 0.559 bits per heavy atom. The largest absolute Gasteiger partial charge is 0.475 e. The predicted octanol–water partition coefficient (Wildman–Crippen LogP) is 12.2. The number of rotatable bonds is 32. The summed E-state index contributed by atoms with van der Waals surface area (Å²) in [5.41, 5.74) is 3.78. The van der Waals surface area contributed by atoms with Gasteiger partial charge in [-0.2, -0.15) is 0 Å². The summed E-state index contributed by atoms with van der Waals surface area (Å²) in [6, 6.07) is 40.1. The zero-order valence-corrected chi connectivity index (χ0v) is 42.8. The molecule has 68 heavy (non-hydrogen) atoms. The number of unbranched alkanes of at least 4 members (excludes halogenated alkanes) is 4. The minimum atomic E-state index is -4.53. The molecule has 1 unspecified atom stereocenters. The van der Waals surface area contributed by atoms with E-state index in [-0.39, 0.29) is 58.9 Å². The molecule has 0 N–H and O–H groups in total. The first-order chi connectivity index (χ1) is 32.9. The first kappa shape index (κ1) is 54.9. The summed E-state index contributed by atoms with van der Waals surface area (Å²) in [5, 5.41) is 0. The molecule has 372 valence electrons. The van der Waals surface area contributed by atoms with Gasteiger partial charge in [-0.3, -0.25) is 23.2 Å². The number of esters is 2. The van der Waals surface area contributed by atoms with Crippen LogP contribution in [0.5, 0.6) is 0 Å². The van der Waals surface area contributed by atoms with E-state index in [0.29, 0.717) is 18.9 Å². The Balaban J connectivity index is 1.51. The smallest absolute Gasteiger partial charge is 0.462 e. The number of phosphoric acid groups is 1. The van der Waals surface area contributed by atoms with Crippen molar-refractivity contribution in [3.63, 3.8) is 0 Å². The van der Waals surface area contributed by atoms with Gasteiger partial charge in [0, 0.05) is 27.3 Å². The van der Waals surface area contributed by atoms with E-state index in [1.54, 1.807) is 0 Å². The van der Waals surface area contributed by atoms with Crippen molar-refractivity contribution in [3.8, 4) is 0 Å². The van der Waals surface area contributed by atoms with Crippen molar-refractivity contribution in [1.82, 2.24) is 0 Å². The van der Waals surface area contributed by atoms with Crippen molar-refractivity contribution in [2.45, 2.75) is 160 Å². The SMILES string of the molecule is CCCCCC(=O)OC[C@H](COP(=O)(OCC[Si](C)(C)C)O[C@@H]1C[C@H](OCc2ccccc2)[C@@H](OCc2ccccc2)[C@H](OCc2ccccc2)[C@H]1OCc1ccccc1)OC(=O)CCCCC. The van der Waals surface area contributed by atoms with Gasteiger partial charge in [-0.15, -0.1) is 0 Å². The third kappa shape index (κ3) is 20.5. The number of phosphoric ester groups is 1. The number of carbonyl (C=O) groups excluding carboxylic acids is 2. The van der Waals surface area contributed by atoms with E-state index in [9.17, 15) is 9.59 Å². The van der Waals surface area contributed by atoms with Crippen molar-refractivity contribution in [1.29, 1.82) is 0 Å². The van der Waals surface area contributed by atoms with Gasteiger partial charge >= 0.3 is 19.8 Å². The number of carbonyl (C=O) groups is 2. The molecule has 0 heterocycles. The highest BCUT2D eigenvalue weighted by Gasteiger charge is 2.51. The van der Waals surface area contributed by atoms with Gasteiger partial charge in [-0.25, -0.2) is 4.57 Å². The Labute approximate surface area is 406 Å². The maximum Gasteiger partial charge on any atom is 0.475 e. The van der Waals surface area contributed by atoms with Crippen LogP contribution in [0.2, 0.25) is 25.7 Å². The molecule has 12 nitrogen and oxygen atoms in total. The van der Waals surface area contributed by atoms with Gasteiger partial charge in [0.05, 0.1) is 45.7 Å². The molecule has 0 radical (unpaired) electrons. The van der Waals surface area contributed by atoms with Gasteiger partial charge in [0.1, 0.15) is 31.0 Å². The average molecular weight is 975 g/mol. The maximum atomic E-state index is 15.4. The van der Waals surface area contributed by atoms with E-state index in [1.807, 2.05) is 121 Å². The highest BCUT2D eigenvalue weighted by atomic mass is 31.2. The highest BCUT2D eigenvalue weighted by molar-refractivity contribution is 7.48. The Hall–Kier alpha value is -4.01. The molecule has 7 atom stereocenters. The minimum absolute atomic E-state index is 0.0911. The van der Waals surface area contributed by atoms with E-state index in [2.05, 4.69) is 33.5 Å². The second-order valence-electron chi connectivity index (χ2n) is 18.6. The van der Waals surface area contributed by atoms with Crippen molar-refractivity contribution >= 4 is 27.8 Å². The van der Waals surface area contributed by atoms with Crippen molar-refractivity contribution in [3.05, 3.63) is 144 Å². The second-order valence-corrected chi connectivity index (χ2v) is 25.8. The number of ether oxygens (including phenoxy) is 6. The molecule has 0 aromatic heterocycles. The summed E-state index contributed by atoms with van der Waals surface area (Å²) in [6.45, 7) is 11.0. The highest BCUT2D eigenvalue weighted by Crippen LogP contribution is 2.53. The van der Waals surface area contributed by atoms with Crippen LogP contribution in [0.15, 0.2) is 121 Å². The van der Waals surface area contributed by atoms with E-state index in [4.69, 9.17) is 42.0 Å². The molecule has 14 heteroatoms. The number of hydrogen-bond donors (Lipinski definition) is 0. The minimum Gasteiger partial charge on any atom is -0.462 e. The molecule has 5 rings (SSSR count). The summed E-state index contributed by atoms with van der Waals surface area (Å²) in [7, 11) is -6.25. The lowest BCUT2D eigenvalue weighted by Gasteiger charge is -2.46. The van der Waals surface area contributed by atoms with Crippen molar-refractivity contribution in [2.75, 3.05) is 19.8 Å². The van der Waals surface area contributed by atoms with Gasteiger partial charge in [0.2, 0.25) is 0 Å². The molecule has 1 saturated carbocycles. The molecule has 1 aliphatic rings. The van der Waals surface area contributed by atoms with Crippen LogP contribution in [0.1, 0.15) is 93.9 Å². The second kappa shape index (κ2) is 29.9. The molecule has 0 spiro atoms. The first-order valence-electron chi connectivity index (χ1n) is 24.5. The summed E-state index contributed by atoms with van der Waals surface area (Å²) in [4.78, 5) is 25.9. The molecule has 0 saturated heterocycles. The molecule has 0 amide bonds. The number of benzene rings is 4. The van der Waals surface area contributed by atoms with E-state index < -0.39 is 71.1 Å². The molecule has 4 aromatic carbocycles. The van der Waals surface area contributed by atoms with Crippen LogP contribution in [0.3, 0.4) is 0 Å². The molecule has 1 aliphatic carbocycles. The predicted molar refractivity (Wildman–Crippen MR) is 266 cm³/mol. The van der Waals surface area contributed by atoms with Crippen LogP contribution >= 0.6 is 7.82 Å². The van der Waals surface area contributed by atoms with Crippen LogP contribution in [0.4, 0.5) is 0 Å².